The second-order valence-corrected chi connectivity index (χ2v) is 9.73. The number of ketones is 1. The molecule has 3 heterocycles. The zero-order chi connectivity index (χ0) is 21.5. The van der Waals surface area contributed by atoms with Crippen LogP contribution in [0.5, 0.6) is 0 Å². The van der Waals surface area contributed by atoms with Gasteiger partial charge in [-0.15, -0.1) is 0 Å². The van der Waals surface area contributed by atoms with Gasteiger partial charge in [0.05, 0.1) is 17.5 Å². The first kappa shape index (κ1) is 20.3. The number of nitrogens with zero attached hydrogens (tertiary/aromatic N) is 2. The molecule has 0 spiro atoms. The summed E-state index contributed by atoms with van der Waals surface area (Å²) in [7, 11) is -3.21. The zero-order valence-electron chi connectivity index (χ0n) is 16.3. The van der Waals surface area contributed by atoms with Gasteiger partial charge in [-0.1, -0.05) is 18.2 Å². The topological polar surface area (TPSA) is 126 Å². The molecule has 2 aromatic rings. The monoisotopic (exact) mass is 431 g/mol. The van der Waals surface area contributed by atoms with Gasteiger partial charge in [-0.25, -0.2) is 18.2 Å². The van der Waals surface area contributed by atoms with Crippen LogP contribution in [0.15, 0.2) is 35.6 Å². The molecule has 0 bridgehead atoms. The van der Waals surface area contributed by atoms with Gasteiger partial charge in [0.2, 0.25) is 11.7 Å². The molecule has 2 aliphatic rings. The molecule has 1 saturated heterocycles. The van der Waals surface area contributed by atoms with Crippen molar-refractivity contribution in [1.82, 2.24) is 9.99 Å². The fourth-order valence-electron chi connectivity index (χ4n) is 3.75. The lowest BCUT2D eigenvalue weighted by molar-refractivity contribution is -0.139. The van der Waals surface area contributed by atoms with E-state index in [1.165, 1.54) is 6.92 Å². The van der Waals surface area contributed by atoms with E-state index in [-0.39, 0.29) is 48.2 Å². The quantitative estimate of drug-likeness (QED) is 0.564. The molecule has 2 atom stereocenters. The van der Waals surface area contributed by atoms with Crippen LogP contribution in [0.3, 0.4) is 0 Å². The number of para-hydroxylation sites is 1. The molecule has 158 valence electrons. The number of hydrogen-bond acceptors (Lipinski definition) is 7. The highest BCUT2D eigenvalue weighted by atomic mass is 32.2. The Labute approximate surface area is 173 Å². The van der Waals surface area contributed by atoms with E-state index >= 15 is 0 Å². The van der Waals surface area contributed by atoms with E-state index in [0.717, 1.165) is 15.9 Å². The van der Waals surface area contributed by atoms with E-state index in [4.69, 9.17) is 4.74 Å². The van der Waals surface area contributed by atoms with Gasteiger partial charge in [0.25, 0.3) is 0 Å². The molecule has 0 unspecified atom stereocenters. The number of aromatic nitrogens is 1. The molecule has 1 fully saturated rings. The highest BCUT2D eigenvalue weighted by Gasteiger charge is 2.38. The first-order chi connectivity index (χ1) is 14.2. The van der Waals surface area contributed by atoms with E-state index in [9.17, 15) is 22.8 Å². The number of esters is 1. The Morgan fingerprint density at radius 1 is 1.27 bits per heavy atom. The average Bonchev–Trinajstić information content (AvgIpc) is 3.30. The lowest BCUT2D eigenvalue weighted by atomic mass is 10.1. The predicted molar refractivity (Wildman–Crippen MR) is 109 cm³/mol. The number of carbonyl (C=O) groups is 3. The predicted octanol–water partition coefficient (Wildman–Crippen LogP) is 1.45. The van der Waals surface area contributed by atoms with E-state index in [2.05, 4.69) is 10.1 Å². The van der Waals surface area contributed by atoms with Gasteiger partial charge >= 0.3 is 5.97 Å². The van der Waals surface area contributed by atoms with E-state index in [1.54, 1.807) is 12.3 Å². The number of benzene rings is 1. The summed E-state index contributed by atoms with van der Waals surface area (Å²) in [6.07, 6.45) is 0.945. The average molecular weight is 431 g/mol. The summed E-state index contributed by atoms with van der Waals surface area (Å²) in [5.41, 5.74) is 1.23. The lowest BCUT2D eigenvalue weighted by Gasteiger charge is -2.27. The molecule has 1 N–H and O–H groups in total. The van der Waals surface area contributed by atoms with Crippen LogP contribution in [0.25, 0.3) is 10.9 Å². The van der Waals surface area contributed by atoms with E-state index < -0.39 is 28.0 Å². The summed E-state index contributed by atoms with van der Waals surface area (Å²) in [4.78, 5) is 40.5. The van der Waals surface area contributed by atoms with E-state index in [1.807, 2.05) is 18.2 Å². The number of aromatic amines is 1. The minimum Gasteiger partial charge on any atom is -0.450 e. The van der Waals surface area contributed by atoms with Crippen molar-refractivity contribution in [3.05, 3.63) is 36.0 Å². The third-order valence-electron chi connectivity index (χ3n) is 5.36. The smallest absolute Gasteiger partial charge is 0.355 e. The highest BCUT2D eigenvalue weighted by molar-refractivity contribution is 7.91. The number of rotatable bonds is 5. The maximum Gasteiger partial charge on any atom is 0.355 e. The van der Waals surface area contributed by atoms with Crippen LogP contribution in [0, 0.1) is 0 Å². The second kappa shape index (κ2) is 7.67. The molecule has 2 aliphatic heterocycles. The molecular weight excluding hydrogens is 410 g/mol. The van der Waals surface area contributed by atoms with Gasteiger partial charge in [-0.3, -0.25) is 9.59 Å². The fourth-order valence-corrected chi connectivity index (χ4v) is 5.44. The Morgan fingerprint density at radius 3 is 2.77 bits per heavy atom. The van der Waals surface area contributed by atoms with Crippen molar-refractivity contribution in [1.29, 1.82) is 0 Å². The number of Topliss-reactive ketones (excluding diaryl/α,β-unsaturated/α-hetero) is 1. The highest BCUT2D eigenvalue weighted by Crippen LogP contribution is 2.23. The van der Waals surface area contributed by atoms with Crippen LogP contribution < -0.4 is 0 Å². The van der Waals surface area contributed by atoms with Crippen LogP contribution in [0.4, 0.5) is 0 Å². The second-order valence-electron chi connectivity index (χ2n) is 7.50. The minimum atomic E-state index is -3.21. The maximum atomic E-state index is 12.8. The molecule has 1 aromatic heterocycles. The number of H-pyrrole nitrogens is 1. The van der Waals surface area contributed by atoms with Gasteiger partial charge in [-0.05, 0) is 19.4 Å². The van der Waals surface area contributed by atoms with E-state index in [0.29, 0.717) is 5.56 Å². The molecule has 9 nitrogen and oxygen atoms in total. The molecule has 30 heavy (non-hydrogen) atoms. The summed E-state index contributed by atoms with van der Waals surface area (Å²) in [5.74, 6) is -1.63. The number of amides is 1. The third-order valence-corrected chi connectivity index (χ3v) is 7.11. The maximum absolute atomic E-state index is 12.8. The first-order valence-electron chi connectivity index (χ1n) is 9.66. The third kappa shape index (κ3) is 3.87. The molecule has 1 aromatic carbocycles. The number of fused-ring (bicyclic) bond motifs is 1. The van der Waals surface area contributed by atoms with Gasteiger partial charge in [0.15, 0.2) is 15.9 Å². The van der Waals surface area contributed by atoms with Crippen molar-refractivity contribution in [3.63, 3.8) is 0 Å². The normalized spacial score (nSPS) is 22.0. The summed E-state index contributed by atoms with van der Waals surface area (Å²) >= 11 is 0. The summed E-state index contributed by atoms with van der Waals surface area (Å²) in [6.45, 7) is 1.48. The molecule has 10 heteroatoms. The Morgan fingerprint density at radius 2 is 2.03 bits per heavy atom. The van der Waals surface area contributed by atoms with Crippen molar-refractivity contribution in [2.45, 2.75) is 38.3 Å². The minimum absolute atomic E-state index is 0.00704. The number of sulfone groups is 1. The van der Waals surface area contributed by atoms with Gasteiger partial charge in [-0.2, -0.15) is 5.10 Å². The van der Waals surface area contributed by atoms with Crippen LogP contribution in [0.2, 0.25) is 0 Å². The van der Waals surface area contributed by atoms with Crippen molar-refractivity contribution in [2.24, 2.45) is 5.10 Å². The SMILES string of the molecule is C[C@@H](OC(=O)C1=NN([C@@H]2CCS(=O)(=O)C2)C(=O)CC1)C(=O)c1c[nH]c2ccccc12. The molecular formula is C20H21N3O6S. The molecule has 1 amide bonds. The van der Waals surface area contributed by atoms with Crippen LogP contribution >= 0.6 is 0 Å². The van der Waals surface area contributed by atoms with Crippen molar-refractivity contribution < 1.29 is 27.5 Å². The number of nitrogens with one attached hydrogen (secondary N) is 1. The van der Waals surface area contributed by atoms with Gasteiger partial charge in [0, 0.05) is 35.5 Å². The van der Waals surface area contributed by atoms with Crippen LogP contribution in [-0.2, 0) is 24.2 Å². The zero-order valence-corrected chi connectivity index (χ0v) is 17.1. The fraction of sp³-hybridized carbons (Fsp3) is 0.400. The molecule has 0 aliphatic carbocycles. The van der Waals surface area contributed by atoms with Gasteiger partial charge in [0.1, 0.15) is 5.71 Å². The standard InChI is InChI=1S/C20H21N3O6S/c1-12(19(25)15-10-21-16-5-3-2-4-14(15)16)29-20(26)17-6-7-18(24)23(22-17)13-8-9-30(27,28)11-13/h2-5,10,12-13,21H,6-9,11H2,1H3/t12-,13-/m1/s1. The van der Waals surface area contributed by atoms with Crippen molar-refractivity contribution in [2.75, 3.05) is 11.5 Å². The number of hydrogen-bond donors (Lipinski definition) is 1. The number of hydrazone groups is 1. The summed E-state index contributed by atoms with van der Waals surface area (Å²) < 4.78 is 28.7. The summed E-state index contributed by atoms with van der Waals surface area (Å²) in [5, 5.41) is 5.91. The van der Waals surface area contributed by atoms with Gasteiger partial charge < -0.3 is 9.72 Å². The van der Waals surface area contributed by atoms with Crippen LogP contribution in [0.1, 0.15) is 36.5 Å². The Balaban J connectivity index is 1.48. The van der Waals surface area contributed by atoms with Crippen molar-refractivity contribution in [3.8, 4) is 0 Å². The number of carbonyl (C=O) groups excluding carboxylic acids is 3. The Bertz CT molecular complexity index is 1170. The summed E-state index contributed by atoms with van der Waals surface area (Å²) in [6, 6.07) is 6.73. The largest absolute Gasteiger partial charge is 0.450 e. The first-order valence-corrected chi connectivity index (χ1v) is 11.5. The van der Waals surface area contributed by atoms with Crippen molar-refractivity contribution >= 4 is 44.1 Å². The molecule has 0 saturated carbocycles. The molecule has 0 radical (unpaired) electrons. The molecule has 4 rings (SSSR count). The Hall–Kier alpha value is -3.01. The van der Waals surface area contributed by atoms with Crippen LogP contribution in [-0.4, -0.2) is 65.4 Å². The lowest BCUT2D eigenvalue weighted by Crippen LogP contribution is -2.42. The Kier molecular flexibility index (Phi) is 5.19. The number of ether oxygens (including phenoxy) is 1.